The van der Waals surface area contributed by atoms with Gasteiger partial charge in [-0.15, -0.1) is 0 Å². The third kappa shape index (κ3) is 4.94. The Morgan fingerprint density at radius 3 is 2.61 bits per heavy atom. The van der Waals surface area contributed by atoms with Crippen LogP contribution in [0.5, 0.6) is 0 Å². The number of para-hydroxylation sites is 1. The molecule has 0 atom stereocenters. The Labute approximate surface area is 140 Å². The van der Waals surface area contributed by atoms with Crippen LogP contribution in [0, 0.1) is 10.1 Å². The van der Waals surface area contributed by atoms with Crippen LogP contribution in [0.15, 0.2) is 42.5 Å². The zero-order valence-corrected chi connectivity index (χ0v) is 13.7. The highest BCUT2D eigenvalue weighted by Gasteiger charge is 2.18. The molecule has 0 unspecified atom stereocenters. The molecule has 0 heterocycles. The molecule has 0 saturated carbocycles. The summed E-state index contributed by atoms with van der Waals surface area (Å²) in [5.41, 5.74) is 2.07. The monoisotopic (exact) mass is 334 g/mol. The minimum atomic E-state index is -0.486. The van der Waals surface area contributed by atoms with E-state index in [1.54, 1.807) is 12.1 Å². The van der Waals surface area contributed by atoms with Gasteiger partial charge in [0.15, 0.2) is 0 Å². The zero-order chi connectivity index (χ0) is 16.7. The molecule has 2 aromatic carbocycles. The number of hydrogen-bond acceptors (Lipinski definition) is 4. The molecule has 1 N–H and O–H groups in total. The Morgan fingerprint density at radius 1 is 1.22 bits per heavy atom. The van der Waals surface area contributed by atoms with Gasteiger partial charge in [-0.3, -0.25) is 10.1 Å². The van der Waals surface area contributed by atoms with Crippen molar-refractivity contribution in [3.8, 4) is 0 Å². The van der Waals surface area contributed by atoms with Crippen LogP contribution in [0.4, 0.5) is 17.1 Å². The summed E-state index contributed by atoms with van der Waals surface area (Å²) in [5, 5.41) is 14.3. The van der Waals surface area contributed by atoms with E-state index >= 15 is 0 Å². The van der Waals surface area contributed by atoms with Crippen LogP contribution in [0.2, 0.25) is 5.02 Å². The van der Waals surface area contributed by atoms with Crippen LogP contribution in [0.3, 0.4) is 0 Å². The van der Waals surface area contributed by atoms with Gasteiger partial charge in [0.25, 0.3) is 0 Å². The molecule has 2 rings (SSSR count). The summed E-state index contributed by atoms with van der Waals surface area (Å²) in [6.07, 6.45) is 2.17. The minimum absolute atomic E-state index is 0.112. The van der Waals surface area contributed by atoms with Gasteiger partial charge in [-0.05, 0) is 36.2 Å². The number of halogens is 1. The lowest BCUT2D eigenvalue weighted by Crippen LogP contribution is -1.98. The number of nitrogens with one attached hydrogen (secondary N) is 1. The van der Waals surface area contributed by atoms with Crippen molar-refractivity contribution in [2.24, 2.45) is 0 Å². The van der Waals surface area contributed by atoms with E-state index in [2.05, 4.69) is 12.2 Å². The molecular formula is C17H19ClN2O3. The average Bonchev–Trinajstić information content (AvgIpc) is 2.53. The van der Waals surface area contributed by atoms with E-state index < -0.39 is 4.92 Å². The number of hydrogen-bond donors (Lipinski definition) is 1. The topological polar surface area (TPSA) is 64.4 Å². The number of ether oxygens (including phenoxy) is 1. The predicted octanol–water partition coefficient (Wildman–Crippen LogP) is 5.31. The summed E-state index contributed by atoms with van der Waals surface area (Å²) in [4.78, 5) is 10.6. The van der Waals surface area contributed by atoms with Crippen molar-refractivity contribution in [2.45, 2.75) is 26.4 Å². The van der Waals surface area contributed by atoms with Crippen molar-refractivity contribution in [1.82, 2.24) is 0 Å². The first kappa shape index (κ1) is 17.2. The SMILES string of the molecule is CCCCOCc1ccc(Nc2cccc(Cl)c2[N+](=O)[O-])cc1. The molecule has 0 bridgehead atoms. The van der Waals surface area contributed by atoms with E-state index in [-0.39, 0.29) is 10.7 Å². The summed E-state index contributed by atoms with van der Waals surface area (Å²) in [5.74, 6) is 0. The number of rotatable bonds is 8. The van der Waals surface area contributed by atoms with E-state index in [0.29, 0.717) is 12.3 Å². The van der Waals surface area contributed by atoms with Crippen molar-refractivity contribution < 1.29 is 9.66 Å². The fourth-order valence-electron chi connectivity index (χ4n) is 2.08. The summed E-state index contributed by atoms with van der Waals surface area (Å²) in [7, 11) is 0. The Kier molecular flexibility index (Phi) is 6.38. The number of benzene rings is 2. The Morgan fingerprint density at radius 2 is 1.96 bits per heavy atom. The molecule has 122 valence electrons. The molecule has 0 fully saturated rings. The molecule has 0 saturated heterocycles. The molecule has 23 heavy (non-hydrogen) atoms. The van der Waals surface area contributed by atoms with Crippen LogP contribution >= 0.6 is 11.6 Å². The number of nitro groups is 1. The molecule has 6 heteroatoms. The van der Waals surface area contributed by atoms with Crippen molar-refractivity contribution in [2.75, 3.05) is 11.9 Å². The molecule has 0 aliphatic carbocycles. The molecule has 2 aromatic rings. The maximum absolute atomic E-state index is 11.1. The predicted molar refractivity (Wildman–Crippen MR) is 92.4 cm³/mol. The highest BCUT2D eigenvalue weighted by Crippen LogP contribution is 2.34. The lowest BCUT2D eigenvalue weighted by molar-refractivity contribution is -0.383. The first-order valence-corrected chi connectivity index (χ1v) is 7.86. The second-order valence-electron chi connectivity index (χ2n) is 5.12. The normalized spacial score (nSPS) is 10.5. The standard InChI is InChI=1S/C17H19ClN2O3/c1-2-3-11-23-12-13-7-9-14(10-8-13)19-16-6-4-5-15(18)17(16)20(21)22/h4-10,19H,2-3,11-12H2,1H3. The molecule has 0 aromatic heterocycles. The first-order chi connectivity index (χ1) is 11.1. The summed E-state index contributed by atoms with van der Waals surface area (Å²) < 4.78 is 5.56. The smallest absolute Gasteiger partial charge is 0.311 e. The van der Waals surface area contributed by atoms with E-state index in [9.17, 15) is 10.1 Å². The summed E-state index contributed by atoms with van der Waals surface area (Å²) >= 11 is 5.90. The van der Waals surface area contributed by atoms with E-state index in [0.717, 1.165) is 30.7 Å². The summed E-state index contributed by atoms with van der Waals surface area (Å²) in [6.45, 7) is 3.45. The number of nitrogens with zero attached hydrogens (tertiary/aromatic N) is 1. The van der Waals surface area contributed by atoms with Gasteiger partial charge in [-0.1, -0.05) is 43.1 Å². The van der Waals surface area contributed by atoms with Gasteiger partial charge in [-0.25, -0.2) is 0 Å². The molecule has 0 radical (unpaired) electrons. The highest BCUT2D eigenvalue weighted by molar-refractivity contribution is 6.33. The van der Waals surface area contributed by atoms with Crippen molar-refractivity contribution in [3.63, 3.8) is 0 Å². The maximum atomic E-state index is 11.1. The van der Waals surface area contributed by atoms with Gasteiger partial charge in [0.05, 0.1) is 11.5 Å². The van der Waals surface area contributed by atoms with Crippen LogP contribution in [-0.2, 0) is 11.3 Å². The molecule has 0 aliphatic rings. The first-order valence-electron chi connectivity index (χ1n) is 7.48. The quantitative estimate of drug-likeness (QED) is 0.403. The minimum Gasteiger partial charge on any atom is -0.377 e. The van der Waals surface area contributed by atoms with Crippen LogP contribution in [0.1, 0.15) is 25.3 Å². The van der Waals surface area contributed by atoms with Crippen LogP contribution in [0.25, 0.3) is 0 Å². The second-order valence-corrected chi connectivity index (χ2v) is 5.53. The lowest BCUT2D eigenvalue weighted by atomic mass is 10.2. The molecular weight excluding hydrogens is 316 g/mol. The third-order valence-corrected chi connectivity index (χ3v) is 3.62. The van der Waals surface area contributed by atoms with Gasteiger partial charge in [0.2, 0.25) is 0 Å². The van der Waals surface area contributed by atoms with Gasteiger partial charge in [-0.2, -0.15) is 0 Å². The van der Waals surface area contributed by atoms with Crippen molar-refractivity contribution in [1.29, 1.82) is 0 Å². The lowest BCUT2D eigenvalue weighted by Gasteiger charge is -2.09. The van der Waals surface area contributed by atoms with E-state index in [4.69, 9.17) is 16.3 Å². The number of nitro benzene ring substituents is 1. The van der Waals surface area contributed by atoms with E-state index in [1.165, 1.54) is 6.07 Å². The molecule has 5 nitrogen and oxygen atoms in total. The Hall–Kier alpha value is -2.11. The Bertz CT molecular complexity index is 659. The largest absolute Gasteiger partial charge is 0.377 e. The summed E-state index contributed by atoms with van der Waals surface area (Å²) in [6, 6.07) is 12.4. The highest BCUT2D eigenvalue weighted by atomic mass is 35.5. The molecule has 0 aliphatic heterocycles. The number of unbranched alkanes of at least 4 members (excludes halogenated alkanes) is 1. The number of anilines is 2. The average molecular weight is 335 g/mol. The second kappa shape index (κ2) is 8.50. The van der Waals surface area contributed by atoms with Gasteiger partial charge >= 0.3 is 5.69 Å². The zero-order valence-electron chi connectivity index (χ0n) is 12.9. The maximum Gasteiger partial charge on any atom is 0.311 e. The fraction of sp³-hybridized carbons (Fsp3) is 0.294. The van der Waals surface area contributed by atoms with Crippen LogP contribution in [-0.4, -0.2) is 11.5 Å². The Balaban J connectivity index is 2.04. The van der Waals surface area contributed by atoms with E-state index in [1.807, 2.05) is 24.3 Å². The van der Waals surface area contributed by atoms with Crippen LogP contribution < -0.4 is 5.32 Å². The molecule has 0 amide bonds. The van der Waals surface area contributed by atoms with Gasteiger partial charge < -0.3 is 10.1 Å². The van der Waals surface area contributed by atoms with Gasteiger partial charge in [0.1, 0.15) is 10.7 Å². The van der Waals surface area contributed by atoms with Crippen molar-refractivity contribution in [3.05, 3.63) is 63.2 Å². The molecule has 0 spiro atoms. The van der Waals surface area contributed by atoms with Gasteiger partial charge in [0, 0.05) is 12.3 Å². The van der Waals surface area contributed by atoms with Crippen molar-refractivity contribution >= 4 is 28.7 Å². The third-order valence-electron chi connectivity index (χ3n) is 3.31. The fourth-order valence-corrected chi connectivity index (χ4v) is 2.32.